The van der Waals surface area contributed by atoms with Crippen molar-refractivity contribution in [2.24, 2.45) is 0 Å². The van der Waals surface area contributed by atoms with Gasteiger partial charge >= 0.3 is 167 Å². The molecule has 422 valence electrons. The average molecular weight is 1050 g/mol. The van der Waals surface area contributed by atoms with Gasteiger partial charge in [0.2, 0.25) is 11.4 Å². The molecule has 3 heteroatoms. The summed E-state index contributed by atoms with van der Waals surface area (Å²) in [6.07, 6.45) is 59.2. The van der Waals surface area contributed by atoms with Crippen molar-refractivity contribution < 1.29 is 19.1 Å². The number of hydrogen-bond acceptors (Lipinski definition) is 0. The Labute approximate surface area is 463 Å². The molecule has 0 amide bonds. The van der Waals surface area contributed by atoms with E-state index >= 15 is 0 Å². The molecule has 1 aliphatic heterocycles. The SMILES string of the molecule is CCCCCCC1=C(c2cc(CCCCC)c(CCCCC)c(CCCCC)c2)[N+](=[N-])C(c2cc(CCC)c(CCC)c(CCC)c2)=C1.CCCCCCCCCCC[CH2][Ni][CH2]CCCCCCCCCCC. The number of aryl methyl sites for hydroxylation is 4. The van der Waals surface area contributed by atoms with Crippen LogP contribution in [0.5, 0.6) is 0 Å². The molecule has 0 spiro atoms. The normalized spacial score (nSPS) is 12.6. The fourth-order valence-electron chi connectivity index (χ4n) is 11.3. The van der Waals surface area contributed by atoms with E-state index in [1.54, 1.807) is 27.0 Å². The van der Waals surface area contributed by atoms with Crippen molar-refractivity contribution in [3.8, 4) is 0 Å². The second kappa shape index (κ2) is 46.1. The minimum atomic E-state index is 0.973. The van der Waals surface area contributed by atoms with Crippen molar-refractivity contribution in [1.29, 1.82) is 0 Å². The predicted octanol–water partition coefficient (Wildman–Crippen LogP) is 24.3. The van der Waals surface area contributed by atoms with Crippen molar-refractivity contribution in [3.05, 3.63) is 86.0 Å². The van der Waals surface area contributed by atoms with Gasteiger partial charge in [0.15, 0.2) is 0 Å². The van der Waals surface area contributed by atoms with Gasteiger partial charge in [-0.25, -0.2) is 4.70 Å². The number of allylic oxidation sites excluding steroid dienone is 2. The predicted molar refractivity (Wildman–Crippen MR) is 325 cm³/mol. The Balaban J connectivity index is 0.000000617. The standard InChI is InChI=1S/C46H72N2.2C12H25.Ni/c1-8-15-19-23-29-40-35-45(41-31-36(24-12-5)43(26-14-7)37(32-41)25-13-6)48(47)46(40)42-33-38(27-20-16-9-2)44(30-22-18-11-4)39(34-42)28-21-17-10-3;2*1-3-5-7-9-11-12-10-8-6-4-2;/h31-35H,8-30H2,1-7H3;2*1,3-12H2,2H3;. The van der Waals surface area contributed by atoms with Gasteiger partial charge in [-0.2, -0.15) is 0 Å². The Morgan fingerprint density at radius 1 is 0.315 bits per heavy atom. The summed E-state index contributed by atoms with van der Waals surface area (Å²) < 4.78 is 1.60. The van der Waals surface area contributed by atoms with Crippen LogP contribution in [0, 0.1) is 0 Å². The van der Waals surface area contributed by atoms with E-state index < -0.39 is 0 Å². The molecule has 0 atom stereocenters. The van der Waals surface area contributed by atoms with Crippen LogP contribution >= 0.6 is 0 Å². The zero-order valence-electron chi connectivity index (χ0n) is 50.4. The Kier molecular flexibility index (Phi) is 42.4. The van der Waals surface area contributed by atoms with Gasteiger partial charge in [0.05, 0.1) is 0 Å². The molecule has 0 N–H and O–H groups in total. The Morgan fingerprint density at radius 3 is 1.04 bits per heavy atom. The molecule has 2 aromatic carbocycles. The molecule has 2 aromatic rings. The Morgan fingerprint density at radius 2 is 0.630 bits per heavy atom. The molecule has 0 bridgehead atoms. The zero-order valence-corrected chi connectivity index (χ0v) is 51.4. The molecule has 1 heterocycles. The van der Waals surface area contributed by atoms with E-state index in [0.717, 1.165) is 62.8 Å². The summed E-state index contributed by atoms with van der Waals surface area (Å²) in [5.41, 5.74) is 27.3. The van der Waals surface area contributed by atoms with Crippen LogP contribution in [0.25, 0.3) is 16.9 Å². The fraction of sp³-hybridized carbons (Fsp3) is 0.771. The number of rotatable bonds is 47. The quantitative estimate of drug-likeness (QED) is 0.0359. The Bertz CT molecular complexity index is 1650. The fourth-order valence-corrected chi connectivity index (χ4v) is 12.5. The monoisotopic (exact) mass is 1050 g/mol. The van der Waals surface area contributed by atoms with E-state index in [9.17, 15) is 5.53 Å². The number of benzene rings is 2. The second-order valence-electron chi connectivity index (χ2n) is 22.5. The van der Waals surface area contributed by atoms with E-state index in [1.165, 1.54) is 263 Å². The molecular weight excluding hydrogens is 927 g/mol. The molecule has 0 saturated carbocycles. The third kappa shape index (κ3) is 28.8. The molecule has 0 aliphatic carbocycles. The van der Waals surface area contributed by atoms with Crippen LogP contribution < -0.4 is 0 Å². The minimum absolute atomic E-state index is 0.973. The maximum absolute atomic E-state index is 12.3. The van der Waals surface area contributed by atoms with E-state index in [2.05, 4.69) is 92.7 Å². The summed E-state index contributed by atoms with van der Waals surface area (Å²) in [5, 5.41) is 2.86. The van der Waals surface area contributed by atoms with Crippen LogP contribution in [0.3, 0.4) is 0 Å². The van der Waals surface area contributed by atoms with E-state index in [4.69, 9.17) is 0 Å². The average Bonchev–Trinajstić information content (AvgIpc) is 3.72. The van der Waals surface area contributed by atoms with Crippen LogP contribution in [0.15, 0.2) is 35.9 Å². The summed E-state index contributed by atoms with van der Waals surface area (Å²) in [5.74, 6) is 0. The molecular formula is C70H122N2Ni. The van der Waals surface area contributed by atoms with Crippen molar-refractivity contribution >= 4 is 11.4 Å². The van der Waals surface area contributed by atoms with Gasteiger partial charge in [0.25, 0.3) is 0 Å². The molecule has 0 unspecified atom stereocenters. The van der Waals surface area contributed by atoms with Crippen molar-refractivity contribution in [3.63, 3.8) is 0 Å². The van der Waals surface area contributed by atoms with Crippen LogP contribution in [-0.2, 0) is 53.0 Å². The molecule has 0 fully saturated rings. The Hall–Kier alpha value is -1.99. The molecule has 3 rings (SSSR count). The first-order valence-corrected chi connectivity index (χ1v) is 34.0. The summed E-state index contributed by atoms with van der Waals surface area (Å²) in [7, 11) is 0. The first-order chi connectivity index (χ1) is 35.9. The number of unbranched alkanes of at least 4 members (excludes halogenated alkanes) is 27. The van der Waals surface area contributed by atoms with Gasteiger partial charge in [-0.05, 0) is 128 Å². The molecule has 1 aliphatic rings. The molecule has 2 nitrogen and oxygen atoms in total. The molecule has 0 radical (unpaired) electrons. The maximum atomic E-state index is 12.3. The van der Waals surface area contributed by atoms with Crippen LogP contribution in [0.1, 0.15) is 344 Å². The summed E-state index contributed by atoms with van der Waals surface area (Å²) in [6.45, 7) is 20.7. The van der Waals surface area contributed by atoms with Crippen molar-refractivity contribution in [2.75, 3.05) is 0 Å². The molecule has 0 saturated heterocycles. The third-order valence-corrected chi connectivity index (χ3v) is 17.0. The first kappa shape index (κ1) is 67.1. The molecule has 73 heavy (non-hydrogen) atoms. The van der Waals surface area contributed by atoms with E-state index in [1.807, 2.05) is 14.4 Å². The number of hydrogen-bond donors (Lipinski definition) is 0. The molecule has 0 aromatic heterocycles. The second-order valence-corrected chi connectivity index (χ2v) is 24.0. The van der Waals surface area contributed by atoms with Gasteiger partial charge in [0, 0.05) is 22.8 Å². The summed E-state index contributed by atoms with van der Waals surface area (Å²) >= 11 is 2.03. The van der Waals surface area contributed by atoms with Gasteiger partial charge in [-0.3, -0.25) is 0 Å². The zero-order chi connectivity index (χ0) is 53.0. The van der Waals surface area contributed by atoms with Crippen LogP contribution in [0.4, 0.5) is 0 Å². The summed E-state index contributed by atoms with van der Waals surface area (Å²) in [6, 6.07) is 9.83. The van der Waals surface area contributed by atoms with Crippen LogP contribution in [0.2, 0.25) is 10.8 Å². The summed E-state index contributed by atoms with van der Waals surface area (Å²) in [4.78, 5) is 0. The van der Waals surface area contributed by atoms with Gasteiger partial charge in [-0.15, -0.1) is 0 Å². The van der Waals surface area contributed by atoms with Gasteiger partial charge in [0.1, 0.15) is 0 Å². The van der Waals surface area contributed by atoms with Crippen molar-refractivity contribution in [1.82, 2.24) is 0 Å². The van der Waals surface area contributed by atoms with E-state index in [0.29, 0.717) is 0 Å². The van der Waals surface area contributed by atoms with Crippen LogP contribution in [-0.4, -0.2) is 4.70 Å². The topological polar surface area (TPSA) is 25.3 Å². The van der Waals surface area contributed by atoms with Gasteiger partial charge in [-0.1, -0.05) is 126 Å². The van der Waals surface area contributed by atoms with Crippen molar-refractivity contribution in [2.45, 2.75) is 349 Å². The van der Waals surface area contributed by atoms with Gasteiger partial charge < -0.3 is 5.53 Å². The third-order valence-electron chi connectivity index (χ3n) is 15.6. The first-order valence-electron chi connectivity index (χ1n) is 32.6. The van der Waals surface area contributed by atoms with E-state index in [-0.39, 0.29) is 0 Å². The number of nitrogens with zero attached hydrogens (tertiary/aromatic N) is 2.